The number of aromatic nitrogens is 2. The summed E-state index contributed by atoms with van der Waals surface area (Å²) in [7, 11) is 1.90. The quantitative estimate of drug-likeness (QED) is 0.312. The van der Waals surface area contributed by atoms with Crippen molar-refractivity contribution >= 4 is 23.4 Å². The molecule has 1 aromatic rings. The molecule has 0 saturated carbocycles. The van der Waals surface area contributed by atoms with E-state index in [1.165, 1.54) is 11.8 Å². The van der Waals surface area contributed by atoms with Crippen molar-refractivity contribution in [2.75, 3.05) is 43.4 Å². The number of anilines is 2. The fourth-order valence-corrected chi connectivity index (χ4v) is 2.58. The molecule has 0 spiro atoms. The molecular weight excluding hydrogens is 278 g/mol. The van der Waals surface area contributed by atoms with Crippen LogP contribution in [-0.4, -0.2) is 53.7 Å². The van der Waals surface area contributed by atoms with Gasteiger partial charge < -0.3 is 20.2 Å². The molecular formula is C12H21N5O2S. The summed E-state index contributed by atoms with van der Waals surface area (Å²) in [6.07, 6.45) is 3.19. The van der Waals surface area contributed by atoms with Gasteiger partial charge in [0.2, 0.25) is 0 Å². The number of likely N-dealkylation sites (N-methyl/N-ethyl adjacent to an activating group) is 1. The SMILES string of the molecule is CSc1nc(NN)cc(N(C)CC2(O)CCOCC2)n1. The third-order valence-corrected chi connectivity index (χ3v) is 3.92. The van der Waals surface area contributed by atoms with Crippen molar-refractivity contribution in [1.29, 1.82) is 0 Å². The summed E-state index contributed by atoms with van der Waals surface area (Å²) in [6, 6.07) is 1.77. The molecule has 112 valence electrons. The van der Waals surface area contributed by atoms with E-state index in [0.29, 0.717) is 43.6 Å². The van der Waals surface area contributed by atoms with Crippen LogP contribution in [0.2, 0.25) is 0 Å². The molecule has 7 nitrogen and oxygen atoms in total. The molecule has 0 atom stereocenters. The van der Waals surface area contributed by atoms with E-state index in [9.17, 15) is 5.11 Å². The number of hydrogen-bond donors (Lipinski definition) is 3. The van der Waals surface area contributed by atoms with Crippen molar-refractivity contribution in [3.05, 3.63) is 6.07 Å². The van der Waals surface area contributed by atoms with Crippen LogP contribution in [0.15, 0.2) is 11.2 Å². The Bertz CT molecular complexity index is 431. The second kappa shape index (κ2) is 6.57. The number of hydrazine groups is 1. The molecule has 2 rings (SSSR count). The molecule has 20 heavy (non-hydrogen) atoms. The zero-order valence-electron chi connectivity index (χ0n) is 11.8. The summed E-state index contributed by atoms with van der Waals surface area (Å²) in [5, 5.41) is 11.2. The van der Waals surface area contributed by atoms with Gasteiger partial charge in [0.15, 0.2) is 5.16 Å². The van der Waals surface area contributed by atoms with Crippen LogP contribution in [0.25, 0.3) is 0 Å². The van der Waals surface area contributed by atoms with E-state index in [1.807, 2.05) is 18.2 Å². The highest BCUT2D eigenvalue weighted by atomic mass is 32.2. The fourth-order valence-electron chi connectivity index (χ4n) is 2.21. The highest BCUT2D eigenvalue weighted by Crippen LogP contribution is 2.25. The smallest absolute Gasteiger partial charge is 0.191 e. The highest BCUT2D eigenvalue weighted by Gasteiger charge is 2.31. The van der Waals surface area contributed by atoms with Crippen molar-refractivity contribution in [1.82, 2.24) is 9.97 Å². The standard InChI is InChI=1S/C12H21N5O2S/c1-17(8-12(18)3-5-19-6-4-12)10-7-9(16-13)14-11(15-10)20-2/h7,18H,3-6,8,13H2,1-2H3,(H,14,15,16). The minimum Gasteiger partial charge on any atom is -0.388 e. The van der Waals surface area contributed by atoms with Gasteiger partial charge in [-0.1, -0.05) is 11.8 Å². The first-order valence-corrected chi connectivity index (χ1v) is 7.70. The van der Waals surface area contributed by atoms with Gasteiger partial charge in [-0.15, -0.1) is 0 Å². The number of thioether (sulfide) groups is 1. The Hall–Kier alpha value is -1.09. The number of ether oxygens (including phenoxy) is 1. The van der Waals surface area contributed by atoms with Crippen molar-refractivity contribution in [2.24, 2.45) is 5.84 Å². The van der Waals surface area contributed by atoms with E-state index in [2.05, 4.69) is 15.4 Å². The fraction of sp³-hybridized carbons (Fsp3) is 0.667. The van der Waals surface area contributed by atoms with Crippen LogP contribution in [0.4, 0.5) is 11.6 Å². The Morgan fingerprint density at radius 1 is 1.50 bits per heavy atom. The van der Waals surface area contributed by atoms with Crippen LogP contribution in [0.5, 0.6) is 0 Å². The molecule has 8 heteroatoms. The Morgan fingerprint density at radius 2 is 2.20 bits per heavy atom. The molecule has 1 fully saturated rings. The predicted octanol–water partition coefficient (Wildman–Crippen LogP) is 0.462. The maximum Gasteiger partial charge on any atom is 0.191 e. The number of nitrogen functional groups attached to an aromatic ring is 1. The second-order valence-corrected chi connectivity index (χ2v) is 5.71. The Morgan fingerprint density at radius 3 is 2.80 bits per heavy atom. The van der Waals surface area contributed by atoms with E-state index < -0.39 is 5.60 Å². The Balaban J connectivity index is 2.13. The number of nitrogens with one attached hydrogen (secondary N) is 1. The van der Waals surface area contributed by atoms with Crippen LogP contribution >= 0.6 is 11.8 Å². The van der Waals surface area contributed by atoms with E-state index in [1.54, 1.807) is 6.07 Å². The average Bonchev–Trinajstić information content (AvgIpc) is 2.46. The van der Waals surface area contributed by atoms with E-state index in [0.717, 1.165) is 5.82 Å². The lowest BCUT2D eigenvalue weighted by atomic mass is 9.94. The van der Waals surface area contributed by atoms with E-state index >= 15 is 0 Å². The third-order valence-electron chi connectivity index (χ3n) is 3.37. The zero-order valence-corrected chi connectivity index (χ0v) is 12.6. The summed E-state index contributed by atoms with van der Waals surface area (Å²) in [5.74, 6) is 6.71. The second-order valence-electron chi connectivity index (χ2n) is 4.94. The lowest BCUT2D eigenvalue weighted by molar-refractivity contribution is -0.0573. The summed E-state index contributed by atoms with van der Waals surface area (Å²) in [5.41, 5.74) is 1.81. The minimum atomic E-state index is -0.728. The molecule has 0 unspecified atom stereocenters. The number of nitrogens with two attached hydrogens (primary N) is 1. The minimum absolute atomic E-state index is 0.505. The van der Waals surface area contributed by atoms with Gasteiger partial charge in [0, 0.05) is 45.7 Å². The van der Waals surface area contributed by atoms with Crippen LogP contribution < -0.4 is 16.2 Å². The van der Waals surface area contributed by atoms with Crippen LogP contribution in [0.3, 0.4) is 0 Å². The van der Waals surface area contributed by atoms with E-state index in [4.69, 9.17) is 10.6 Å². The zero-order chi connectivity index (χ0) is 14.6. The number of rotatable bonds is 5. The molecule has 0 bridgehead atoms. The largest absolute Gasteiger partial charge is 0.388 e. The van der Waals surface area contributed by atoms with Crippen LogP contribution in [0.1, 0.15) is 12.8 Å². The van der Waals surface area contributed by atoms with Gasteiger partial charge in [0.25, 0.3) is 0 Å². The summed E-state index contributed by atoms with van der Waals surface area (Å²) < 4.78 is 5.29. The van der Waals surface area contributed by atoms with Crippen LogP contribution in [0, 0.1) is 0 Å². The first-order chi connectivity index (χ1) is 9.56. The van der Waals surface area contributed by atoms with Gasteiger partial charge in [0.1, 0.15) is 11.6 Å². The number of hydrogen-bond acceptors (Lipinski definition) is 8. The first kappa shape index (κ1) is 15.3. The predicted molar refractivity (Wildman–Crippen MR) is 79.9 cm³/mol. The van der Waals surface area contributed by atoms with Crippen molar-refractivity contribution in [3.63, 3.8) is 0 Å². The average molecular weight is 299 g/mol. The van der Waals surface area contributed by atoms with Gasteiger partial charge in [-0.3, -0.25) is 0 Å². The molecule has 1 aromatic heterocycles. The molecule has 0 aliphatic carbocycles. The molecule has 0 aromatic carbocycles. The van der Waals surface area contributed by atoms with Gasteiger partial charge in [-0.05, 0) is 6.26 Å². The van der Waals surface area contributed by atoms with E-state index in [-0.39, 0.29) is 0 Å². The topological polar surface area (TPSA) is 96.5 Å². The Kier molecular flexibility index (Phi) is 5.03. The lowest BCUT2D eigenvalue weighted by Gasteiger charge is -2.35. The maximum absolute atomic E-state index is 10.5. The highest BCUT2D eigenvalue weighted by molar-refractivity contribution is 7.98. The van der Waals surface area contributed by atoms with Gasteiger partial charge in [-0.2, -0.15) is 0 Å². The monoisotopic (exact) mass is 299 g/mol. The summed E-state index contributed by atoms with van der Waals surface area (Å²) in [6.45, 7) is 1.70. The lowest BCUT2D eigenvalue weighted by Crippen LogP contribution is -2.46. The maximum atomic E-state index is 10.5. The molecule has 1 aliphatic rings. The Labute approximate surface area is 122 Å². The van der Waals surface area contributed by atoms with Crippen molar-refractivity contribution in [3.8, 4) is 0 Å². The molecule has 1 aliphatic heterocycles. The molecule has 4 N–H and O–H groups in total. The van der Waals surface area contributed by atoms with Gasteiger partial charge in [-0.25, -0.2) is 15.8 Å². The van der Waals surface area contributed by atoms with Gasteiger partial charge in [0.05, 0.1) is 5.60 Å². The third kappa shape index (κ3) is 3.72. The number of aliphatic hydroxyl groups is 1. The van der Waals surface area contributed by atoms with Crippen molar-refractivity contribution < 1.29 is 9.84 Å². The molecule has 0 amide bonds. The first-order valence-electron chi connectivity index (χ1n) is 6.47. The molecule has 1 saturated heterocycles. The normalized spacial score (nSPS) is 17.8. The molecule has 2 heterocycles. The van der Waals surface area contributed by atoms with Crippen LogP contribution in [-0.2, 0) is 4.74 Å². The summed E-state index contributed by atoms with van der Waals surface area (Å²) in [4.78, 5) is 10.6. The van der Waals surface area contributed by atoms with Gasteiger partial charge >= 0.3 is 0 Å². The summed E-state index contributed by atoms with van der Waals surface area (Å²) >= 11 is 1.45. The van der Waals surface area contributed by atoms with Crippen molar-refractivity contribution in [2.45, 2.75) is 23.6 Å². The molecule has 0 radical (unpaired) electrons. The number of nitrogens with zero attached hydrogens (tertiary/aromatic N) is 3.